The minimum Gasteiger partial charge on any atom is -0.872 e. The molecule has 0 fully saturated rings. The van der Waals surface area contributed by atoms with Gasteiger partial charge >= 0.3 is 0 Å². The average Bonchev–Trinajstić information content (AvgIpc) is 2.99. The fraction of sp³-hybridized carbons (Fsp3) is 0.105. The van der Waals surface area contributed by atoms with Crippen LogP contribution in [0.15, 0.2) is 65.8 Å². The first kappa shape index (κ1) is 12.2. The molecule has 0 aliphatic heterocycles. The number of allylic oxidation sites excluding steroid dienone is 3. The summed E-state index contributed by atoms with van der Waals surface area (Å²) in [7, 11) is 0. The summed E-state index contributed by atoms with van der Waals surface area (Å²) in [6.07, 6.45) is 3.06. The van der Waals surface area contributed by atoms with Gasteiger partial charge in [-0.2, -0.15) is 0 Å². The molecular weight excluding hydrogens is 260 g/mol. The summed E-state index contributed by atoms with van der Waals surface area (Å²) in [5.41, 5.74) is 5.11. The van der Waals surface area contributed by atoms with Crippen LogP contribution in [0.5, 0.6) is 0 Å². The molecular formula is C19H13O2-. The van der Waals surface area contributed by atoms with Gasteiger partial charge in [0.15, 0.2) is 5.78 Å². The molecule has 0 spiro atoms. The lowest BCUT2D eigenvalue weighted by Crippen LogP contribution is -2.03. The number of benzene rings is 2. The fourth-order valence-electron chi connectivity index (χ4n) is 3.15. The van der Waals surface area contributed by atoms with Crippen LogP contribution in [0.25, 0.3) is 5.76 Å². The molecule has 102 valence electrons. The highest BCUT2D eigenvalue weighted by atomic mass is 16.3. The van der Waals surface area contributed by atoms with Crippen molar-refractivity contribution < 1.29 is 9.90 Å². The van der Waals surface area contributed by atoms with E-state index in [1.807, 2.05) is 54.6 Å². The molecule has 2 aliphatic rings. The predicted molar refractivity (Wildman–Crippen MR) is 79.6 cm³/mol. The number of hydrogen-bond donors (Lipinski definition) is 0. The molecule has 0 amide bonds. The summed E-state index contributed by atoms with van der Waals surface area (Å²) < 4.78 is 0. The molecule has 21 heavy (non-hydrogen) atoms. The lowest BCUT2D eigenvalue weighted by Gasteiger charge is -2.10. The largest absolute Gasteiger partial charge is 0.872 e. The van der Waals surface area contributed by atoms with Gasteiger partial charge in [-0.05, 0) is 23.1 Å². The SMILES string of the molecule is O=C1C(=CC2=C([O-])c3ccccc3C2)Cc2ccccc21. The summed E-state index contributed by atoms with van der Waals surface area (Å²) in [4.78, 5) is 12.4. The first-order valence-corrected chi connectivity index (χ1v) is 7.05. The molecule has 0 radical (unpaired) electrons. The van der Waals surface area contributed by atoms with Crippen molar-refractivity contribution in [2.24, 2.45) is 0 Å². The van der Waals surface area contributed by atoms with Crippen molar-refractivity contribution >= 4 is 11.5 Å². The lowest BCUT2D eigenvalue weighted by atomic mass is 10.1. The van der Waals surface area contributed by atoms with Gasteiger partial charge in [0.25, 0.3) is 0 Å². The number of ketones is 1. The first-order chi connectivity index (χ1) is 10.2. The second kappa shape index (κ2) is 4.45. The van der Waals surface area contributed by atoms with E-state index in [1.54, 1.807) is 0 Å². The number of hydrogen-bond acceptors (Lipinski definition) is 2. The van der Waals surface area contributed by atoms with Gasteiger partial charge in [-0.25, -0.2) is 0 Å². The van der Waals surface area contributed by atoms with E-state index in [4.69, 9.17) is 0 Å². The van der Waals surface area contributed by atoms with Crippen LogP contribution in [0.3, 0.4) is 0 Å². The van der Waals surface area contributed by atoms with Gasteiger partial charge < -0.3 is 5.11 Å². The average molecular weight is 273 g/mol. The molecule has 2 aliphatic carbocycles. The Morgan fingerprint density at radius 2 is 1.48 bits per heavy atom. The molecule has 0 heterocycles. The maximum absolute atomic E-state index is 12.4. The highest BCUT2D eigenvalue weighted by Crippen LogP contribution is 2.33. The number of carbonyl (C=O) groups excluding carboxylic acids is 1. The van der Waals surface area contributed by atoms with Gasteiger partial charge in [-0.1, -0.05) is 65.9 Å². The van der Waals surface area contributed by atoms with Crippen molar-refractivity contribution in [2.45, 2.75) is 12.8 Å². The van der Waals surface area contributed by atoms with E-state index < -0.39 is 0 Å². The predicted octanol–water partition coefficient (Wildman–Crippen LogP) is 2.68. The molecule has 4 rings (SSSR count). The van der Waals surface area contributed by atoms with Crippen LogP contribution < -0.4 is 5.11 Å². The molecule has 2 aromatic carbocycles. The Hall–Kier alpha value is -2.61. The highest BCUT2D eigenvalue weighted by molar-refractivity contribution is 6.13. The third kappa shape index (κ3) is 1.83. The molecule has 0 unspecified atom stereocenters. The summed E-state index contributed by atoms with van der Waals surface area (Å²) >= 11 is 0. The van der Waals surface area contributed by atoms with Gasteiger partial charge in [-0.3, -0.25) is 4.79 Å². The summed E-state index contributed by atoms with van der Waals surface area (Å²) in [5, 5.41) is 12.4. The smallest absolute Gasteiger partial charge is 0.189 e. The maximum atomic E-state index is 12.4. The fourth-order valence-corrected chi connectivity index (χ4v) is 3.15. The lowest BCUT2D eigenvalue weighted by molar-refractivity contribution is -0.244. The van der Waals surface area contributed by atoms with Crippen LogP contribution in [0.2, 0.25) is 0 Å². The molecule has 2 nitrogen and oxygen atoms in total. The zero-order valence-corrected chi connectivity index (χ0v) is 11.4. The molecule has 2 heteroatoms. The molecule has 2 aromatic rings. The minimum atomic E-state index is 0.0573. The summed E-state index contributed by atoms with van der Waals surface area (Å²) in [5.74, 6) is 0.115. The van der Waals surface area contributed by atoms with Crippen LogP contribution >= 0.6 is 0 Å². The Bertz CT molecular complexity index is 825. The summed E-state index contributed by atoms with van der Waals surface area (Å²) in [6.45, 7) is 0. The first-order valence-electron chi connectivity index (χ1n) is 7.05. The Morgan fingerprint density at radius 3 is 2.14 bits per heavy atom. The second-order valence-electron chi connectivity index (χ2n) is 5.52. The van der Waals surface area contributed by atoms with E-state index in [0.29, 0.717) is 12.8 Å². The van der Waals surface area contributed by atoms with Crippen LogP contribution in [0.1, 0.15) is 27.0 Å². The number of rotatable bonds is 1. The molecule has 0 bridgehead atoms. The van der Waals surface area contributed by atoms with E-state index in [1.165, 1.54) is 0 Å². The van der Waals surface area contributed by atoms with E-state index in [9.17, 15) is 9.90 Å². The minimum absolute atomic E-state index is 0.0573. The van der Waals surface area contributed by atoms with Crippen molar-refractivity contribution in [3.8, 4) is 0 Å². The quantitative estimate of drug-likeness (QED) is 0.749. The van der Waals surface area contributed by atoms with E-state index in [0.717, 1.165) is 33.4 Å². The zero-order valence-electron chi connectivity index (χ0n) is 11.4. The van der Waals surface area contributed by atoms with E-state index >= 15 is 0 Å². The zero-order chi connectivity index (χ0) is 14.4. The third-order valence-electron chi connectivity index (χ3n) is 4.22. The Morgan fingerprint density at radius 1 is 0.857 bits per heavy atom. The normalized spacial score (nSPS) is 18.3. The summed E-state index contributed by atoms with van der Waals surface area (Å²) in [6, 6.07) is 15.3. The van der Waals surface area contributed by atoms with Gasteiger partial charge in [0.2, 0.25) is 0 Å². The molecule has 0 saturated heterocycles. The van der Waals surface area contributed by atoms with Gasteiger partial charge in [0.1, 0.15) is 0 Å². The van der Waals surface area contributed by atoms with E-state index in [2.05, 4.69) is 0 Å². The molecule has 0 N–H and O–H groups in total. The molecule has 0 aromatic heterocycles. The van der Waals surface area contributed by atoms with Crippen molar-refractivity contribution in [3.05, 3.63) is 88.0 Å². The number of carbonyl (C=O) groups is 1. The molecule has 0 saturated carbocycles. The Balaban J connectivity index is 1.73. The van der Waals surface area contributed by atoms with Crippen LogP contribution in [-0.2, 0) is 12.8 Å². The Kier molecular flexibility index (Phi) is 2.58. The standard InChI is InChI=1S/C19H14O2/c20-18-14(9-12-5-1-3-7-16(12)18)11-15-10-13-6-2-4-8-17(13)19(15)21/h1-8,11,20H,9-10H2/p-1. The maximum Gasteiger partial charge on any atom is 0.189 e. The van der Waals surface area contributed by atoms with E-state index in [-0.39, 0.29) is 11.5 Å². The van der Waals surface area contributed by atoms with Gasteiger partial charge in [0.05, 0.1) is 0 Å². The van der Waals surface area contributed by atoms with Crippen molar-refractivity contribution in [1.82, 2.24) is 0 Å². The van der Waals surface area contributed by atoms with Crippen LogP contribution in [-0.4, -0.2) is 5.78 Å². The van der Waals surface area contributed by atoms with Crippen molar-refractivity contribution in [3.63, 3.8) is 0 Å². The van der Waals surface area contributed by atoms with Crippen molar-refractivity contribution in [2.75, 3.05) is 0 Å². The second-order valence-corrected chi connectivity index (χ2v) is 5.52. The van der Waals surface area contributed by atoms with Crippen LogP contribution in [0.4, 0.5) is 0 Å². The topological polar surface area (TPSA) is 40.1 Å². The number of fused-ring (bicyclic) bond motifs is 2. The molecule has 0 atom stereocenters. The van der Waals surface area contributed by atoms with Crippen molar-refractivity contribution in [1.29, 1.82) is 0 Å². The van der Waals surface area contributed by atoms with Gasteiger partial charge in [-0.15, -0.1) is 0 Å². The number of Topliss-reactive ketones (excluding diaryl/α,β-unsaturated/α-hetero) is 1. The van der Waals surface area contributed by atoms with Crippen LogP contribution in [0, 0.1) is 0 Å². The third-order valence-corrected chi connectivity index (χ3v) is 4.22. The van der Waals surface area contributed by atoms with Gasteiger partial charge in [0, 0.05) is 17.6 Å². The highest BCUT2D eigenvalue weighted by Gasteiger charge is 2.25. The Labute approximate surface area is 123 Å². The monoisotopic (exact) mass is 273 g/mol.